The van der Waals surface area contributed by atoms with Crippen molar-refractivity contribution in [2.45, 2.75) is 25.7 Å². The Balaban J connectivity index is 1.90. The number of carbonyl (C=O) groups is 1. The Morgan fingerprint density at radius 3 is 2.35 bits per heavy atom. The van der Waals surface area contributed by atoms with Crippen LogP contribution >= 0.6 is 0 Å². The third kappa shape index (κ3) is 3.25. The van der Waals surface area contributed by atoms with Gasteiger partial charge in [-0.25, -0.2) is 8.78 Å². The number of rotatable bonds is 4. The molecular formula is C13H14F2O2. The van der Waals surface area contributed by atoms with E-state index in [0.29, 0.717) is 0 Å². The molecular weight excluding hydrogens is 226 g/mol. The summed E-state index contributed by atoms with van der Waals surface area (Å²) in [5.41, 5.74) is 0. The SMILES string of the molecule is O=C(COc1cc(F)cc(F)c1)C1CCCC1. The summed E-state index contributed by atoms with van der Waals surface area (Å²) in [5, 5.41) is 0. The van der Waals surface area contributed by atoms with Gasteiger partial charge in [-0.3, -0.25) is 4.79 Å². The Kier molecular flexibility index (Phi) is 3.71. The largest absolute Gasteiger partial charge is 0.486 e. The van der Waals surface area contributed by atoms with Crippen LogP contribution in [0.5, 0.6) is 5.75 Å². The zero-order valence-corrected chi connectivity index (χ0v) is 9.42. The first-order valence-electron chi connectivity index (χ1n) is 5.77. The van der Waals surface area contributed by atoms with Crippen molar-refractivity contribution in [3.05, 3.63) is 29.8 Å². The molecule has 17 heavy (non-hydrogen) atoms. The van der Waals surface area contributed by atoms with E-state index in [4.69, 9.17) is 4.74 Å². The second kappa shape index (κ2) is 5.25. The van der Waals surface area contributed by atoms with Gasteiger partial charge in [-0.05, 0) is 12.8 Å². The quantitative estimate of drug-likeness (QED) is 0.808. The molecule has 0 spiro atoms. The van der Waals surface area contributed by atoms with Crippen LogP contribution in [0.1, 0.15) is 25.7 Å². The van der Waals surface area contributed by atoms with E-state index in [9.17, 15) is 13.6 Å². The zero-order valence-electron chi connectivity index (χ0n) is 9.42. The Labute approximate surface area is 98.6 Å². The predicted molar refractivity (Wildman–Crippen MR) is 58.8 cm³/mol. The van der Waals surface area contributed by atoms with Crippen LogP contribution in [-0.4, -0.2) is 12.4 Å². The summed E-state index contributed by atoms with van der Waals surface area (Å²) < 4.78 is 30.8. The van der Waals surface area contributed by atoms with Gasteiger partial charge >= 0.3 is 0 Å². The minimum absolute atomic E-state index is 0.0205. The van der Waals surface area contributed by atoms with Crippen molar-refractivity contribution in [1.82, 2.24) is 0 Å². The Morgan fingerprint density at radius 1 is 1.18 bits per heavy atom. The van der Waals surface area contributed by atoms with E-state index < -0.39 is 11.6 Å². The normalized spacial score (nSPS) is 16.1. The highest BCUT2D eigenvalue weighted by Gasteiger charge is 2.22. The van der Waals surface area contributed by atoms with Gasteiger partial charge < -0.3 is 4.74 Å². The lowest BCUT2D eigenvalue weighted by atomic mass is 10.0. The van der Waals surface area contributed by atoms with Crippen molar-refractivity contribution >= 4 is 5.78 Å². The first kappa shape index (κ1) is 12.0. The molecule has 0 aliphatic heterocycles. The van der Waals surface area contributed by atoms with Crippen molar-refractivity contribution in [3.63, 3.8) is 0 Å². The van der Waals surface area contributed by atoms with E-state index in [1.807, 2.05) is 0 Å². The summed E-state index contributed by atoms with van der Waals surface area (Å²) in [4.78, 5) is 11.7. The van der Waals surface area contributed by atoms with E-state index in [1.165, 1.54) is 0 Å². The molecule has 0 heterocycles. The molecule has 92 valence electrons. The minimum atomic E-state index is -0.701. The number of hydrogen-bond donors (Lipinski definition) is 0. The molecule has 2 rings (SSSR count). The van der Waals surface area contributed by atoms with Gasteiger partial charge in [-0.1, -0.05) is 12.8 Å². The van der Waals surface area contributed by atoms with Crippen LogP contribution in [0.2, 0.25) is 0 Å². The predicted octanol–water partition coefficient (Wildman–Crippen LogP) is 3.10. The molecule has 2 nitrogen and oxygen atoms in total. The van der Waals surface area contributed by atoms with Gasteiger partial charge in [0, 0.05) is 24.1 Å². The zero-order chi connectivity index (χ0) is 12.3. The topological polar surface area (TPSA) is 26.3 Å². The molecule has 4 heteroatoms. The third-order valence-electron chi connectivity index (χ3n) is 3.03. The highest BCUT2D eigenvalue weighted by Crippen LogP contribution is 2.25. The number of Topliss-reactive ketones (excluding diaryl/α,β-unsaturated/α-hetero) is 1. The molecule has 0 saturated heterocycles. The van der Waals surface area contributed by atoms with Gasteiger partial charge in [0.25, 0.3) is 0 Å². The van der Waals surface area contributed by atoms with Crippen molar-refractivity contribution < 1.29 is 18.3 Å². The van der Waals surface area contributed by atoms with Gasteiger partial charge in [0.05, 0.1) is 0 Å². The Bertz CT molecular complexity index is 392. The average molecular weight is 240 g/mol. The standard InChI is InChI=1S/C13H14F2O2/c14-10-5-11(15)7-12(6-10)17-8-13(16)9-3-1-2-4-9/h5-7,9H,1-4,8H2. The molecule has 1 saturated carbocycles. The van der Waals surface area contributed by atoms with Crippen molar-refractivity contribution in [1.29, 1.82) is 0 Å². The van der Waals surface area contributed by atoms with E-state index in [0.717, 1.165) is 43.9 Å². The second-order valence-electron chi connectivity index (χ2n) is 4.34. The fourth-order valence-electron chi connectivity index (χ4n) is 2.13. The molecule has 1 aliphatic carbocycles. The molecule has 0 bridgehead atoms. The molecule has 1 aromatic rings. The van der Waals surface area contributed by atoms with Crippen molar-refractivity contribution in [2.75, 3.05) is 6.61 Å². The van der Waals surface area contributed by atoms with Gasteiger partial charge in [0.2, 0.25) is 0 Å². The summed E-state index contributed by atoms with van der Waals surface area (Å²) in [6.45, 7) is -0.104. The van der Waals surface area contributed by atoms with Gasteiger partial charge in [0.1, 0.15) is 24.0 Å². The molecule has 0 unspecified atom stereocenters. The number of benzene rings is 1. The van der Waals surface area contributed by atoms with Crippen LogP contribution < -0.4 is 4.74 Å². The fraction of sp³-hybridized carbons (Fsp3) is 0.462. The third-order valence-corrected chi connectivity index (χ3v) is 3.03. The molecule has 0 amide bonds. The van der Waals surface area contributed by atoms with Gasteiger partial charge in [-0.2, -0.15) is 0 Å². The highest BCUT2D eigenvalue weighted by molar-refractivity contribution is 5.82. The Hall–Kier alpha value is -1.45. The number of hydrogen-bond acceptors (Lipinski definition) is 2. The molecule has 1 aromatic carbocycles. The molecule has 0 atom stereocenters. The van der Waals surface area contributed by atoms with E-state index in [1.54, 1.807) is 0 Å². The van der Waals surface area contributed by atoms with E-state index in [2.05, 4.69) is 0 Å². The summed E-state index contributed by atoms with van der Waals surface area (Å²) >= 11 is 0. The monoisotopic (exact) mass is 240 g/mol. The summed E-state index contributed by atoms with van der Waals surface area (Å²) in [6.07, 6.45) is 3.95. The maximum atomic E-state index is 12.8. The van der Waals surface area contributed by atoms with Crippen molar-refractivity contribution in [3.8, 4) is 5.75 Å². The van der Waals surface area contributed by atoms with Crippen LogP contribution in [0.4, 0.5) is 8.78 Å². The number of ether oxygens (including phenoxy) is 1. The van der Waals surface area contributed by atoms with Crippen LogP contribution in [0, 0.1) is 17.6 Å². The van der Waals surface area contributed by atoms with Crippen LogP contribution in [-0.2, 0) is 4.79 Å². The minimum Gasteiger partial charge on any atom is -0.486 e. The van der Waals surface area contributed by atoms with E-state index >= 15 is 0 Å². The maximum absolute atomic E-state index is 12.8. The van der Waals surface area contributed by atoms with Crippen LogP contribution in [0.25, 0.3) is 0 Å². The first-order valence-corrected chi connectivity index (χ1v) is 5.77. The Morgan fingerprint density at radius 2 is 1.76 bits per heavy atom. The number of ketones is 1. The lowest BCUT2D eigenvalue weighted by Crippen LogP contribution is -2.19. The highest BCUT2D eigenvalue weighted by atomic mass is 19.1. The van der Waals surface area contributed by atoms with E-state index in [-0.39, 0.29) is 24.1 Å². The maximum Gasteiger partial charge on any atom is 0.173 e. The van der Waals surface area contributed by atoms with Crippen LogP contribution in [0.3, 0.4) is 0 Å². The molecule has 0 aromatic heterocycles. The summed E-state index contributed by atoms with van der Waals surface area (Å²) in [6, 6.07) is 2.92. The van der Waals surface area contributed by atoms with Crippen molar-refractivity contribution in [2.24, 2.45) is 5.92 Å². The molecule has 0 radical (unpaired) electrons. The smallest absolute Gasteiger partial charge is 0.173 e. The summed E-state index contributed by atoms with van der Waals surface area (Å²) in [5.74, 6) is -1.25. The average Bonchev–Trinajstić information content (AvgIpc) is 2.78. The van der Waals surface area contributed by atoms with Crippen LogP contribution in [0.15, 0.2) is 18.2 Å². The molecule has 1 fully saturated rings. The molecule has 0 N–H and O–H groups in total. The molecule has 1 aliphatic rings. The fourth-order valence-corrected chi connectivity index (χ4v) is 2.13. The summed E-state index contributed by atoms with van der Waals surface area (Å²) in [7, 11) is 0. The lowest BCUT2D eigenvalue weighted by molar-refractivity contribution is -0.124. The number of halogens is 2. The second-order valence-corrected chi connectivity index (χ2v) is 4.34. The van der Waals surface area contributed by atoms with Gasteiger partial charge in [-0.15, -0.1) is 0 Å². The number of carbonyl (C=O) groups excluding carboxylic acids is 1. The lowest BCUT2D eigenvalue weighted by Gasteiger charge is -2.09. The first-order chi connectivity index (χ1) is 8.15. The van der Waals surface area contributed by atoms with Gasteiger partial charge in [0.15, 0.2) is 5.78 Å².